The van der Waals surface area contributed by atoms with Crippen LogP contribution in [0.1, 0.15) is 25.7 Å². The number of benzene rings is 1. The largest absolute Gasteiger partial charge is 0.381 e. The third-order valence-corrected chi connectivity index (χ3v) is 7.11. The van der Waals surface area contributed by atoms with Gasteiger partial charge < -0.3 is 10.1 Å². The Hall–Kier alpha value is -0.960. The second kappa shape index (κ2) is 8.16. The molecule has 2 aliphatic heterocycles. The maximum atomic E-state index is 12.9. The number of carbonyl (C=O) groups is 1. The van der Waals surface area contributed by atoms with Gasteiger partial charge in [-0.15, -0.1) is 0 Å². The average molecular weight is 431 g/mol. The highest BCUT2D eigenvalue weighted by Gasteiger charge is 2.34. The fraction of sp³-hybridized carbons (Fsp3) is 0.588. The van der Waals surface area contributed by atoms with E-state index >= 15 is 0 Å². The van der Waals surface area contributed by atoms with E-state index in [9.17, 15) is 13.2 Å². The number of carbonyl (C=O) groups excluding carboxylic acids is 1. The molecule has 2 saturated heterocycles. The minimum Gasteiger partial charge on any atom is -0.381 e. The number of halogens is 1. The topological polar surface area (TPSA) is 75.7 Å². The predicted molar refractivity (Wildman–Crippen MR) is 97.6 cm³/mol. The molecule has 0 saturated carbocycles. The molecule has 6 nitrogen and oxygen atoms in total. The van der Waals surface area contributed by atoms with Gasteiger partial charge in [0.2, 0.25) is 15.9 Å². The Labute approximate surface area is 157 Å². The highest BCUT2D eigenvalue weighted by Crippen LogP contribution is 2.25. The molecule has 0 spiro atoms. The van der Waals surface area contributed by atoms with E-state index in [4.69, 9.17) is 4.74 Å². The lowest BCUT2D eigenvalue weighted by molar-refractivity contribution is -0.127. The van der Waals surface area contributed by atoms with Gasteiger partial charge in [-0.1, -0.05) is 22.0 Å². The number of ether oxygens (including phenoxy) is 1. The van der Waals surface area contributed by atoms with E-state index in [0.717, 1.165) is 23.7 Å². The number of hydrogen-bond acceptors (Lipinski definition) is 4. The van der Waals surface area contributed by atoms with Gasteiger partial charge >= 0.3 is 0 Å². The lowest BCUT2D eigenvalue weighted by Gasteiger charge is -2.32. The molecule has 2 aliphatic rings. The predicted octanol–water partition coefficient (Wildman–Crippen LogP) is 2.14. The van der Waals surface area contributed by atoms with Gasteiger partial charge in [-0.25, -0.2) is 8.42 Å². The normalized spacial score (nSPS) is 23.3. The molecule has 138 valence electrons. The summed E-state index contributed by atoms with van der Waals surface area (Å²) in [6.45, 7) is 2.03. The Balaban J connectivity index is 1.66. The second-order valence-electron chi connectivity index (χ2n) is 6.55. The molecule has 1 unspecified atom stereocenters. The molecule has 0 aliphatic carbocycles. The summed E-state index contributed by atoms with van der Waals surface area (Å²) in [5, 5.41) is 3.06. The van der Waals surface area contributed by atoms with Crippen LogP contribution in [0, 0.1) is 5.92 Å². The third kappa shape index (κ3) is 4.61. The van der Waals surface area contributed by atoms with Crippen molar-refractivity contribution in [2.24, 2.45) is 5.92 Å². The lowest BCUT2D eigenvalue weighted by Crippen LogP contribution is -2.48. The highest BCUT2D eigenvalue weighted by atomic mass is 79.9. The molecule has 0 radical (unpaired) electrons. The molecule has 1 atom stereocenters. The van der Waals surface area contributed by atoms with Crippen LogP contribution in [0.25, 0.3) is 0 Å². The van der Waals surface area contributed by atoms with Crippen molar-refractivity contribution >= 4 is 31.9 Å². The quantitative estimate of drug-likeness (QED) is 0.793. The molecule has 25 heavy (non-hydrogen) atoms. The van der Waals surface area contributed by atoms with E-state index < -0.39 is 10.0 Å². The molecule has 8 heteroatoms. The van der Waals surface area contributed by atoms with Crippen LogP contribution in [0.4, 0.5) is 0 Å². The number of nitrogens with one attached hydrogen (secondary N) is 1. The SMILES string of the molecule is O=C(NC1CCOCC1)C1CCCN(S(=O)(=O)c2cccc(Br)c2)C1. The van der Waals surface area contributed by atoms with Crippen molar-refractivity contribution in [3.05, 3.63) is 28.7 Å². The minimum absolute atomic E-state index is 0.0407. The van der Waals surface area contributed by atoms with Crippen LogP contribution in [0.3, 0.4) is 0 Å². The number of amides is 1. The Kier molecular flexibility index (Phi) is 6.14. The fourth-order valence-electron chi connectivity index (χ4n) is 3.31. The molecule has 3 rings (SSSR count). The summed E-state index contributed by atoms with van der Waals surface area (Å²) in [6.07, 6.45) is 3.05. The van der Waals surface area contributed by atoms with Crippen molar-refractivity contribution in [3.63, 3.8) is 0 Å². The molecular formula is C17H23BrN2O4S. The molecule has 0 aromatic heterocycles. The van der Waals surface area contributed by atoms with Gasteiger partial charge in [0.05, 0.1) is 10.8 Å². The van der Waals surface area contributed by atoms with E-state index in [0.29, 0.717) is 26.2 Å². The van der Waals surface area contributed by atoms with Gasteiger partial charge in [-0.05, 0) is 43.9 Å². The van der Waals surface area contributed by atoms with Crippen LogP contribution in [-0.2, 0) is 19.6 Å². The van der Waals surface area contributed by atoms with Crippen molar-refractivity contribution in [1.29, 1.82) is 0 Å². The van der Waals surface area contributed by atoms with Gasteiger partial charge in [0.25, 0.3) is 0 Å². The molecule has 1 aromatic rings. The van der Waals surface area contributed by atoms with Crippen molar-refractivity contribution in [2.75, 3.05) is 26.3 Å². The fourth-order valence-corrected chi connectivity index (χ4v) is 5.43. The third-order valence-electron chi connectivity index (χ3n) is 4.76. The Morgan fingerprint density at radius 3 is 2.72 bits per heavy atom. The maximum Gasteiger partial charge on any atom is 0.243 e. The van der Waals surface area contributed by atoms with Crippen molar-refractivity contribution in [3.8, 4) is 0 Å². The molecule has 1 amide bonds. The average Bonchev–Trinajstić information content (AvgIpc) is 2.62. The summed E-state index contributed by atoms with van der Waals surface area (Å²) in [6, 6.07) is 6.82. The molecular weight excluding hydrogens is 408 g/mol. The van der Waals surface area contributed by atoms with E-state index in [1.165, 1.54) is 4.31 Å². The first-order valence-corrected chi connectivity index (χ1v) is 10.8. The number of hydrogen-bond donors (Lipinski definition) is 1. The van der Waals surface area contributed by atoms with E-state index in [1.807, 2.05) is 0 Å². The minimum atomic E-state index is -3.58. The summed E-state index contributed by atoms with van der Waals surface area (Å²) in [5.74, 6) is -0.334. The van der Waals surface area contributed by atoms with E-state index in [1.54, 1.807) is 24.3 Å². The zero-order valence-corrected chi connectivity index (χ0v) is 16.4. The number of sulfonamides is 1. The second-order valence-corrected chi connectivity index (χ2v) is 9.41. The highest BCUT2D eigenvalue weighted by molar-refractivity contribution is 9.10. The summed E-state index contributed by atoms with van der Waals surface area (Å²) < 4.78 is 33.2. The van der Waals surface area contributed by atoms with E-state index in [2.05, 4.69) is 21.2 Å². The summed E-state index contributed by atoms with van der Waals surface area (Å²) >= 11 is 3.31. The smallest absolute Gasteiger partial charge is 0.243 e. The monoisotopic (exact) mass is 430 g/mol. The molecule has 1 N–H and O–H groups in total. The van der Waals surface area contributed by atoms with Gasteiger partial charge in [-0.3, -0.25) is 4.79 Å². The van der Waals surface area contributed by atoms with Crippen LogP contribution < -0.4 is 5.32 Å². The summed E-state index contributed by atoms with van der Waals surface area (Å²) in [5.41, 5.74) is 0. The Bertz CT molecular complexity index is 719. The lowest BCUT2D eigenvalue weighted by atomic mass is 9.97. The van der Waals surface area contributed by atoms with Crippen LogP contribution in [0.15, 0.2) is 33.6 Å². The van der Waals surface area contributed by atoms with Gasteiger partial charge in [0, 0.05) is 36.8 Å². The zero-order chi connectivity index (χ0) is 17.9. The van der Waals surface area contributed by atoms with Crippen LogP contribution in [0.2, 0.25) is 0 Å². The zero-order valence-electron chi connectivity index (χ0n) is 14.0. The van der Waals surface area contributed by atoms with Gasteiger partial charge in [0.1, 0.15) is 0 Å². The first-order chi connectivity index (χ1) is 12.0. The molecule has 0 bridgehead atoms. The van der Waals surface area contributed by atoms with Crippen LogP contribution in [0.5, 0.6) is 0 Å². The van der Waals surface area contributed by atoms with Crippen molar-refractivity contribution in [1.82, 2.24) is 9.62 Å². The number of nitrogens with zero attached hydrogens (tertiary/aromatic N) is 1. The standard InChI is InChI=1S/C17H23BrN2O4S/c18-14-4-1-5-16(11-14)25(22,23)20-8-2-3-13(12-20)17(21)19-15-6-9-24-10-7-15/h1,4-5,11,13,15H,2-3,6-10,12H2,(H,19,21). The van der Waals surface area contributed by atoms with Gasteiger partial charge in [-0.2, -0.15) is 4.31 Å². The van der Waals surface area contributed by atoms with Crippen molar-refractivity contribution in [2.45, 2.75) is 36.6 Å². The molecule has 2 fully saturated rings. The molecule has 1 aromatic carbocycles. The van der Waals surface area contributed by atoms with Gasteiger partial charge in [0.15, 0.2) is 0 Å². The Morgan fingerprint density at radius 2 is 2.00 bits per heavy atom. The van der Waals surface area contributed by atoms with Crippen LogP contribution in [-0.4, -0.2) is 51.0 Å². The van der Waals surface area contributed by atoms with Crippen molar-refractivity contribution < 1.29 is 17.9 Å². The number of rotatable bonds is 4. The van der Waals surface area contributed by atoms with E-state index in [-0.39, 0.29) is 29.3 Å². The molecule has 2 heterocycles. The first-order valence-electron chi connectivity index (χ1n) is 8.60. The summed E-state index contributed by atoms with van der Waals surface area (Å²) in [7, 11) is -3.58. The first kappa shape index (κ1) is 18.8. The maximum absolute atomic E-state index is 12.9. The summed E-state index contributed by atoms with van der Waals surface area (Å²) in [4.78, 5) is 12.8. The number of piperidine rings is 1. The Morgan fingerprint density at radius 1 is 1.24 bits per heavy atom. The van der Waals surface area contributed by atoms with Crippen LogP contribution >= 0.6 is 15.9 Å².